The molecule has 3 heterocycles. The normalized spacial score (nSPS) is 18.1. The predicted octanol–water partition coefficient (Wildman–Crippen LogP) is 4.77. The third-order valence-electron chi connectivity index (χ3n) is 6.54. The molecular formula is C27H30N4O2. The summed E-state index contributed by atoms with van der Waals surface area (Å²) in [5.74, 6) is 1.51. The zero-order chi connectivity index (χ0) is 22.8. The van der Waals surface area contributed by atoms with Gasteiger partial charge in [-0.25, -0.2) is 4.98 Å². The number of rotatable bonds is 7. The van der Waals surface area contributed by atoms with Crippen LogP contribution >= 0.6 is 0 Å². The Morgan fingerprint density at radius 2 is 1.88 bits per heavy atom. The lowest BCUT2D eigenvalue weighted by Gasteiger charge is -2.32. The first kappa shape index (κ1) is 21.3. The van der Waals surface area contributed by atoms with Crippen molar-refractivity contribution in [2.24, 2.45) is 0 Å². The van der Waals surface area contributed by atoms with Gasteiger partial charge in [0, 0.05) is 37.7 Å². The summed E-state index contributed by atoms with van der Waals surface area (Å²) < 4.78 is 13.4. The van der Waals surface area contributed by atoms with Gasteiger partial charge in [0.05, 0.1) is 25.9 Å². The number of methoxy groups -OCH3 is 2. The first-order valence-corrected chi connectivity index (χ1v) is 11.4. The van der Waals surface area contributed by atoms with Gasteiger partial charge in [0.2, 0.25) is 0 Å². The Balaban J connectivity index is 1.51. The third-order valence-corrected chi connectivity index (χ3v) is 6.54. The number of hydrogen-bond donors (Lipinski definition) is 1. The van der Waals surface area contributed by atoms with Crippen LogP contribution in [0.3, 0.4) is 0 Å². The second-order valence-electron chi connectivity index (χ2n) is 8.57. The third kappa shape index (κ3) is 4.14. The summed E-state index contributed by atoms with van der Waals surface area (Å²) in [6.07, 6.45) is 6.93. The molecule has 170 valence electrons. The summed E-state index contributed by atoms with van der Waals surface area (Å²) in [6.45, 7) is 3.87. The number of benzene rings is 2. The number of ether oxygens (including phenoxy) is 2. The van der Waals surface area contributed by atoms with Gasteiger partial charge in [-0.1, -0.05) is 35.9 Å². The van der Waals surface area contributed by atoms with E-state index in [9.17, 15) is 0 Å². The summed E-state index contributed by atoms with van der Waals surface area (Å²) in [6, 6.07) is 19.6. The number of aryl methyl sites for hydroxylation is 1. The molecule has 0 bridgehead atoms. The smallest absolute Gasteiger partial charge is 0.184 e. The summed E-state index contributed by atoms with van der Waals surface area (Å²) in [4.78, 5) is 6.95. The van der Waals surface area contributed by atoms with E-state index in [-0.39, 0.29) is 12.1 Å². The Morgan fingerprint density at radius 3 is 2.67 bits per heavy atom. The molecule has 1 saturated heterocycles. The topological polar surface area (TPSA) is 51.0 Å². The Hall–Kier alpha value is -3.51. The molecule has 0 saturated carbocycles. The number of nitrogens with one attached hydrogen (secondary N) is 1. The molecule has 4 aromatic rings. The molecule has 0 amide bonds. The highest BCUT2D eigenvalue weighted by Crippen LogP contribution is 2.44. The molecule has 1 N–H and O–H groups in total. The van der Waals surface area contributed by atoms with Crippen LogP contribution < -0.4 is 19.7 Å². The summed E-state index contributed by atoms with van der Waals surface area (Å²) in [5.41, 5.74) is 5.80. The number of imidazole rings is 1. The molecule has 0 aliphatic carbocycles. The van der Waals surface area contributed by atoms with Crippen LogP contribution in [0.2, 0.25) is 0 Å². The maximum atomic E-state index is 5.79. The van der Waals surface area contributed by atoms with Crippen molar-refractivity contribution in [3.05, 3.63) is 89.9 Å². The molecule has 33 heavy (non-hydrogen) atoms. The average molecular weight is 443 g/mol. The Kier molecular flexibility index (Phi) is 5.92. The van der Waals surface area contributed by atoms with E-state index in [1.807, 2.05) is 28.9 Å². The zero-order valence-corrected chi connectivity index (χ0v) is 19.4. The number of aromatic nitrogens is 2. The van der Waals surface area contributed by atoms with Crippen molar-refractivity contribution in [3.63, 3.8) is 0 Å². The molecule has 6 nitrogen and oxygen atoms in total. The molecule has 0 spiro atoms. The van der Waals surface area contributed by atoms with Crippen molar-refractivity contribution in [3.8, 4) is 11.5 Å². The van der Waals surface area contributed by atoms with E-state index in [2.05, 4.69) is 70.8 Å². The fraction of sp³-hybridized carbons (Fsp3) is 0.296. The van der Waals surface area contributed by atoms with Crippen LogP contribution in [0.15, 0.2) is 73.2 Å². The monoisotopic (exact) mass is 442 g/mol. The Bertz CT molecular complexity index is 1230. The van der Waals surface area contributed by atoms with Gasteiger partial charge in [-0.15, -0.1) is 0 Å². The van der Waals surface area contributed by atoms with Crippen molar-refractivity contribution in [1.82, 2.24) is 14.7 Å². The molecule has 6 heteroatoms. The fourth-order valence-corrected chi connectivity index (χ4v) is 4.85. The van der Waals surface area contributed by atoms with Crippen LogP contribution in [-0.2, 0) is 6.54 Å². The highest BCUT2D eigenvalue weighted by atomic mass is 16.5. The van der Waals surface area contributed by atoms with Gasteiger partial charge in [0.25, 0.3) is 0 Å². The average Bonchev–Trinajstić information content (AvgIpc) is 3.49. The number of fused-ring (bicyclic) bond motifs is 1. The van der Waals surface area contributed by atoms with E-state index < -0.39 is 0 Å². The van der Waals surface area contributed by atoms with Gasteiger partial charge in [0.1, 0.15) is 5.65 Å². The first-order valence-electron chi connectivity index (χ1n) is 11.4. The van der Waals surface area contributed by atoms with Crippen LogP contribution in [0.25, 0.3) is 5.65 Å². The SMILES string of the molecule is COc1cccc(N2CCC(NCc3ccc(C)cc3)C2c2ccn3ccnc3c2)c1OC. The lowest BCUT2D eigenvalue weighted by atomic mass is 10.00. The van der Waals surface area contributed by atoms with Gasteiger partial charge >= 0.3 is 0 Å². The van der Waals surface area contributed by atoms with Gasteiger partial charge in [0.15, 0.2) is 11.5 Å². The zero-order valence-electron chi connectivity index (χ0n) is 19.4. The van der Waals surface area contributed by atoms with E-state index in [1.54, 1.807) is 14.2 Å². The molecule has 2 unspecified atom stereocenters. The van der Waals surface area contributed by atoms with Gasteiger partial charge in [-0.3, -0.25) is 0 Å². The lowest BCUT2D eigenvalue weighted by molar-refractivity contribution is 0.354. The molecule has 2 aromatic heterocycles. The highest BCUT2D eigenvalue weighted by Gasteiger charge is 2.37. The second-order valence-corrected chi connectivity index (χ2v) is 8.57. The van der Waals surface area contributed by atoms with Crippen molar-refractivity contribution >= 4 is 11.3 Å². The summed E-state index contributed by atoms with van der Waals surface area (Å²) in [7, 11) is 3.39. The van der Waals surface area contributed by atoms with Crippen LogP contribution in [0.1, 0.15) is 29.2 Å². The van der Waals surface area contributed by atoms with E-state index in [1.165, 1.54) is 16.7 Å². The standard InChI is InChI=1S/C27H30N4O2/c1-19-7-9-20(10-8-19)18-29-22-12-15-31(23-5-4-6-24(32-2)27(23)33-3)26(22)21-11-14-30-16-13-28-25(30)17-21/h4-11,13-14,16-17,22,26,29H,12,15,18H2,1-3H3. The molecule has 2 aromatic carbocycles. The van der Waals surface area contributed by atoms with E-state index in [4.69, 9.17) is 9.47 Å². The summed E-state index contributed by atoms with van der Waals surface area (Å²) in [5, 5.41) is 3.83. The van der Waals surface area contributed by atoms with Gasteiger partial charge in [-0.2, -0.15) is 0 Å². The van der Waals surface area contributed by atoms with Crippen LogP contribution in [-0.4, -0.2) is 36.2 Å². The Labute approximate surface area is 194 Å². The van der Waals surface area contributed by atoms with Gasteiger partial charge < -0.3 is 24.1 Å². The molecule has 1 aliphatic rings. The fourth-order valence-electron chi connectivity index (χ4n) is 4.85. The molecule has 0 radical (unpaired) electrons. The van der Waals surface area contributed by atoms with Crippen molar-refractivity contribution < 1.29 is 9.47 Å². The second kappa shape index (κ2) is 9.16. The molecule has 1 fully saturated rings. The number of pyridine rings is 1. The Morgan fingerprint density at radius 1 is 1.03 bits per heavy atom. The maximum absolute atomic E-state index is 5.79. The van der Waals surface area contributed by atoms with Crippen LogP contribution in [0.5, 0.6) is 11.5 Å². The summed E-state index contributed by atoms with van der Waals surface area (Å²) >= 11 is 0. The largest absolute Gasteiger partial charge is 0.493 e. The molecule has 1 aliphatic heterocycles. The number of hydrogen-bond acceptors (Lipinski definition) is 5. The minimum absolute atomic E-state index is 0.137. The molecular weight excluding hydrogens is 412 g/mol. The molecule has 5 rings (SSSR count). The van der Waals surface area contributed by atoms with Crippen molar-refractivity contribution in [2.75, 3.05) is 25.7 Å². The van der Waals surface area contributed by atoms with Crippen LogP contribution in [0.4, 0.5) is 5.69 Å². The van der Waals surface area contributed by atoms with Crippen molar-refractivity contribution in [2.45, 2.75) is 32.0 Å². The molecule has 2 atom stereocenters. The van der Waals surface area contributed by atoms with Crippen LogP contribution in [0, 0.1) is 6.92 Å². The lowest BCUT2D eigenvalue weighted by Crippen LogP contribution is -2.36. The highest BCUT2D eigenvalue weighted by molar-refractivity contribution is 5.67. The van der Waals surface area contributed by atoms with E-state index >= 15 is 0 Å². The van der Waals surface area contributed by atoms with Gasteiger partial charge in [-0.05, 0) is 48.7 Å². The number of para-hydroxylation sites is 1. The minimum atomic E-state index is 0.137. The van der Waals surface area contributed by atoms with Crippen molar-refractivity contribution in [1.29, 1.82) is 0 Å². The number of anilines is 1. The quantitative estimate of drug-likeness (QED) is 0.447. The minimum Gasteiger partial charge on any atom is -0.493 e. The number of nitrogens with zero attached hydrogens (tertiary/aromatic N) is 3. The maximum Gasteiger partial charge on any atom is 0.184 e. The predicted molar refractivity (Wildman–Crippen MR) is 131 cm³/mol. The van der Waals surface area contributed by atoms with E-state index in [0.717, 1.165) is 42.3 Å². The van der Waals surface area contributed by atoms with E-state index in [0.29, 0.717) is 0 Å². The first-order chi connectivity index (χ1) is 16.2.